The van der Waals surface area contributed by atoms with E-state index in [4.69, 9.17) is 4.74 Å². The fraction of sp³-hybridized carbons (Fsp3) is 0.267. The van der Waals surface area contributed by atoms with Gasteiger partial charge in [-0.3, -0.25) is 0 Å². The third-order valence-electron chi connectivity index (χ3n) is 2.66. The molecule has 0 aliphatic carbocycles. The van der Waals surface area contributed by atoms with E-state index in [1.165, 1.54) is 22.3 Å². The first-order valence-electron chi connectivity index (χ1n) is 5.55. The van der Waals surface area contributed by atoms with Gasteiger partial charge in [0.15, 0.2) is 0 Å². The Kier molecular flexibility index (Phi) is 3.14. The van der Waals surface area contributed by atoms with Crippen LogP contribution in [0.15, 0.2) is 36.4 Å². The second-order valence-electron chi connectivity index (χ2n) is 4.40. The molecule has 1 nitrogen and oxygen atoms in total. The molecule has 2 rings (SSSR count). The standard InChI is InChI=1S/C15H17O/c1-11(2)8-12-9-13-6-4-5-7-14(13)15(10-12)16-3/h4-7,9-10H,8H2,1-3H3. The molecule has 0 aliphatic heterocycles. The van der Waals surface area contributed by atoms with E-state index in [9.17, 15) is 0 Å². The number of benzene rings is 2. The van der Waals surface area contributed by atoms with Gasteiger partial charge in [0.2, 0.25) is 0 Å². The molecule has 0 saturated carbocycles. The van der Waals surface area contributed by atoms with E-state index < -0.39 is 0 Å². The predicted molar refractivity (Wildman–Crippen MR) is 68.8 cm³/mol. The minimum Gasteiger partial charge on any atom is -0.496 e. The lowest BCUT2D eigenvalue weighted by Crippen LogP contribution is -1.94. The summed E-state index contributed by atoms with van der Waals surface area (Å²) < 4.78 is 5.44. The van der Waals surface area contributed by atoms with Crippen molar-refractivity contribution >= 4 is 10.8 Å². The van der Waals surface area contributed by atoms with E-state index >= 15 is 0 Å². The Morgan fingerprint density at radius 3 is 2.56 bits per heavy atom. The fourth-order valence-corrected chi connectivity index (χ4v) is 2.01. The normalized spacial score (nSPS) is 11.0. The molecule has 83 valence electrons. The van der Waals surface area contributed by atoms with Crippen LogP contribution in [0.25, 0.3) is 10.8 Å². The fourth-order valence-electron chi connectivity index (χ4n) is 2.01. The van der Waals surface area contributed by atoms with Crippen molar-refractivity contribution in [1.29, 1.82) is 0 Å². The van der Waals surface area contributed by atoms with Gasteiger partial charge < -0.3 is 4.74 Å². The van der Waals surface area contributed by atoms with Crippen LogP contribution in [0.4, 0.5) is 0 Å². The van der Waals surface area contributed by atoms with Gasteiger partial charge in [0.25, 0.3) is 0 Å². The summed E-state index contributed by atoms with van der Waals surface area (Å²) in [5.74, 6) is 2.38. The van der Waals surface area contributed by atoms with Crippen molar-refractivity contribution in [3.8, 4) is 5.75 Å². The Hall–Kier alpha value is -1.50. The van der Waals surface area contributed by atoms with Crippen LogP contribution in [-0.4, -0.2) is 7.11 Å². The molecule has 2 aromatic rings. The van der Waals surface area contributed by atoms with Crippen molar-refractivity contribution in [3.63, 3.8) is 0 Å². The molecule has 0 atom stereocenters. The van der Waals surface area contributed by atoms with Crippen molar-refractivity contribution in [1.82, 2.24) is 0 Å². The molecule has 0 amide bonds. The first-order chi connectivity index (χ1) is 7.70. The van der Waals surface area contributed by atoms with Gasteiger partial charge in [0, 0.05) is 5.39 Å². The van der Waals surface area contributed by atoms with Crippen molar-refractivity contribution < 1.29 is 4.74 Å². The Bertz CT molecular complexity index is 486. The maximum Gasteiger partial charge on any atom is 0.126 e. The Morgan fingerprint density at radius 1 is 1.12 bits per heavy atom. The number of hydrogen-bond acceptors (Lipinski definition) is 1. The third kappa shape index (κ3) is 2.19. The van der Waals surface area contributed by atoms with Crippen molar-refractivity contribution in [2.45, 2.75) is 20.3 Å². The minimum atomic E-state index is 0.967. The molecule has 2 aromatic carbocycles. The van der Waals surface area contributed by atoms with E-state index in [2.05, 4.69) is 44.2 Å². The number of ether oxygens (including phenoxy) is 1. The number of methoxy groups -OCH3 is 1. The summed E-state index contributed by atoms with van der Waals surface area (Å²) in [4.78, 5) is 0. The maximum atomic E-state index is 5.44. The minimum absolute atomic E-state index is 0.967. The highest BCUT2D eigenvalue weighted by molar-refractivity contribution is 5.89. The summed E-state index contributed by atoms with van der Waals surface area (Å²) >= 11 is 0. The smallest absolute Gasteiger partial charge is 0.126 e. The van der Waals surface area contributed by atoms with Gasteiger partial charge in [-0.25, -0.2) is 0 Å². The molecule has 0 aromatic heterocycles. The van der Waals surface area contributed by atoms with E-state index in [1.807, 2.05) is 6.07 Å². The van der Waals surface area contributed by atoms with Gasteiger partial charge in [-0.05, 0) is 29.4 Å². The molecule has 0 saturated heterocycles. The zero-order chi connectivity index (χ0) is 11.5. The quantitative estimate of drug-likeness (QED) is 0.748. The molecular formula is C15H17O. The van der Waals surface area contributed by atoms with Gasteiger partial charge in [0.1, 0.15) is 5.75 Å². The lowest BCUT2D eigenvalue weighted by Gasteiger charge is -2.10. The van der Waals surface area contributed by atoms with Gasteiger partial charge in [0.05, 0.1) is 7.11 Å². The van der Waals surface area contributed by atoms with E-state index in [-0.39, 0.29) is 0 Å². The number of rotatable bonds is 3. The molecular weight excluding hydrogens is 196 g/mol. The Morgan fingerprint density at radius 2 is 1.88 bits per heavy atom. The summed E-state index contributed by atoms with van der Waals surface area (Å²) in [5, 5.41) is 2.43. The van der Waals surface area contributed by atoms with Gasteiger partial charge in [-0.2, -0.15) is 0 Å². The Balaban J connectivity index is 2.54. The van der Waals surface area contributed by atoms with Gasteiger partial charge in [-0.1, -0.05) is 44.2 Å². The number of fused-ring (bicyclic) bond motifs is 1. The van der Waals surface area contributed by atoms with Crippen molar-refractivity contribution in [2.75, 3.05) is 7.11 Å². The molecule has 1 heteroatoms. The lowest BCUT2D eigenvalue weighted by molar-refractivity contribution is 0.419. The van der Waals surface area contributed by atoms with Crippen LogP contribution < -0.4 is 4.74 Å². The van der Waals surface area contributed by atoms with Crippen LogP contribution in [0.5, 0.6) is 5.75 Å². The summed E-state index contributed by atoms with van der Waals surface area (Å²) in [6.45, 7) is 4.31. The molecule has 0 bridgehead atoms. The second kappa shape index (κ2) is 4.56. The summed E-state index contributed by atoms with van der Waals surface area (Å²) in [7, 11) is 1.73. The van der Waals surface area contributed by atoms with Crippen LogP contribution in [-0.2, 0) is 6.42 Å². The topological polar surface area (TPSA) is 9.23 Å². The Labute approximate surface area is 97.1 Å². The summed E-state index contributed by atoms with van der Waals surface area (Å²) in [6, 6.07) is 12.7. The molecule has 0 N–H and O–H groups in total. The largest absolute Gasteiger partial charge is 0.496 e. The molecule has 0 fully saturated rings. The zero-order valence-corrected chi connectivity index (χ0v) is 10.1. The monoisotopic (exact) mass is 213 g/mol. The van der Waals surface area contributed by atoms with E-state index in [1.54, 1.807) is 7.11 Å². The van der Waals surface area contributed by atoms with Crippen LogP contribution in [0.2, 0.25) is 0 Å². The second-order valence-corrected chi connectivity index (χ2v) is 4.40. The SMILES string of the molecule is COc1cc(C[C](C)C)cc2ccccc12. The highest BCUT2D eigenvalue weighted by Crippen LogP contribution is 2.28. The van der Waals surface area contributed by atoms with Crippen LogP contribution in [0.1, 0.15) is 19.4 Å². The predicted octanol–water partition coefficient (Wildman–Crippen LogP) is 4.01. The first-order valence-corrected chi connectivity index (χ1v) is 5.55. The molecule has 0 spiro atoms. The molecule has 1 radical (unpaired) electrons. The molecule has 0 heterocycles. The van der Waals surface area contributed by atoms with Crippen LogP contribution in [0.3, 0.4) is 0 Å². The highest BCUT2D eigenvalue weighted by Gasteiger charge is 2.05. The summed E-state index contributed by atoms with van der Waals surface area (Å²) in [6.07, 6.45) is 1.02. The first kappa shape index (κ1) is 11.0. The number of hydrogen-bond donors (Lipinski definition) is 0. The van der Waals surface area contributed by atoms with Crippen molar-refractivity contribution in [2.24, 2.45) is 0 Å². The van der Waals surface area contributed by atoms with Gasteiger partial charge in [-0.15, -0.1) is 0 Å². The van der Waals surface area contributed by atoms with E-state index in [0.29, 0.717) is 0 Å². The molecule has 0 aliphatic rings. The molecule has 16 heavy (non-hydrogen) atoms. The lowest BCUT2D eigenvalue weighted by atomic mass is 9.99. The zero-order valence-electron chi connectivity index (χ0n) is 10.1. The highest BCUT2D eigenvalue weighted by atomic mass is 16.5. The maximum absolute atomic E-state index is 5.44. The average Bonchev–Trinajstić information content (AvgIpc) is 2.27. The summed E-state index contributed by atoms with van der Waals surface area (Å²) in [5.41, 5.74) is 1.32. The molecule has 0 unspecified atom stereocenters. The van der Waals surface area contributed by atoms with Gasteiger partial charge >= 0.3 is 0 Å². The average molecular weight is 213 g/mol. The van der Waals surface area contributed by atoms with Crippen molar-refractivity contribution in [3.05, 3.63) is 47.9 Å². The van der Waals surface area contributed by atoms with E-state index in [0.717, 1.165) is 12.2 Å². The van der Waals surface area contributed by atoms with Crippen LogP contribution >= 0.6 is 0 Å². The third-order valence-corrected chi connectivity index (χ3v) is 2.66. The van der Waals surface area contributed by atoms with Crippen LogP contribution in [0, 0.1) is 5.92 Å².